The van der Waals surface area contributed by atoms with Gasteiger partial charge in [-0.3, -0.25) is 9.52 Å². The van der Waals surface area contributed by atoms with Crippen molar-refractivity contribution in [2.45, 2.75) is 13.3 Å². The van der Waals surface area contributed by atoms with Gasteiger partial charge in [0.2, 0.25) is 10.0 Å². The molecule has 5 nitrogen and oxygen atoms in total. The fourth-order valence-electron chi connectivity index (χ4n) is 2.12. The Morgan fingerprint density at radius 3 is 2.71 bits per heavy atom. The van der Waals surface area contributed by atoms with E-state index in [1.165, 1.54) is 17.0 Å². The van der Waals surface area contributed by atoms with E-state index in [-0.39, 0.29) is 18.3 Å². The Labute approximate surface area is 123 Å². The molecule has 1 aromatic rings. The molecule has 0 aliphatic carbocycles. The first kappa shape index (κ1) is 15.5. The van der Waals surface area contributed by atoms with E-state index < -0.39 is 10.0 Å². The van der Waals surface area contributed by atoms with E-state index in [2.05, 4.69) is 4.72 Å². The van der Waals surface area contributed by atoms with Crippen molar-refractivity contribution >= 4 is 21.6 Å². The molecule has 0 atom stereocenters. The minimum absolute atomic E-state index is 0.0401. The van der Waals surface area contributed by atoms with Crippen molar-refractivity contribution in [2.24, 2.45) is 0 Å². The highest BCUT2D eigenvalue weighted by Gasteiger charge is 2.20. The second kappa shape index (κ2) is 5.85. The Kier molecular flexibility index (Phi) is 4.32. The number of carbonyl (C=O) groups excluding carboxylic acids is 1. The van der Waals surface area contributed by atoms with Crippen LogP contribution in [0.25, 0.3) is 0 Å². The highest BCUT2D eigenvalue weighted by molar-refractivity contribution is 7.92. The van der Waals surface area contributed by atoms with Crippen LogP contribution >= 0.6 is 0 Å². The molecule has 1 aromatic carbocycles. The van der Waals surface area contributed by atoms with Gasteiger partial charge in [0.1, 0.15) is 5.83 Å². The summed E-state index contributed by atoms with van der Waals surface area (Å²) in [5.74, 6) is -0.633. The number of rotatable bonds is 3. The van der Waals surface area contributed by atoms with Crippen molar-refractivity contribution in [3.8, 4) is 0 Å². The summed E-state index contributed by atoms with van der Waals surface area (Å²) in [6.07, 6.45) is 3.00. The maximum Gasteiger partial charge on any atom is 0.254 e. The van der Waals surface area contributed by atoms with Crippen molar-refractivity contribution in [2.75, 3.05) is 24.1 Å². The molecule has 1 heterocycles. The van der Waals surface area contributed by atoms with Crippen LogP contribution in [-0.4, -0.2) is 38.6 Å². The molecule has 0 aromatic heterocycles. The van der Waals surface area contributed by atoms with Crippen LogP contribution in [0.4, 0.5) is 10.1 Å². The number of sulfonamides is 1. The van der Waals surface area contributed by atoms with Gasteiger partial charge in [-0.2, -0.15) is 0 Å². The minimum Gasteiger partial charge on any atom is -0.332 e. The van der Waals surface area contributed by atoms with Crippen molar-refractivity contribution in [3.05, 3.63) is 41.2 Å². The van der Waals surface area contributed by atoms with Gasteiger partial charge >= 0.3 is 0 Å². The first-order chi connectivity index (χ1) is 9.76. The maximum atomic E-state index is 13.3. The largest absolute Gasteiger partial charge is 0.332 e. The SMILES string of the molecule is Cc1ccc(C(=O)N2CCC=C(F)C2)cc1NS(C)(=O)=O. The zero-order valence-electron chi connectivity index (χ0n) is 11.9. The summed E-state index contributed by atoms with van der Waals surface area (Å²) in [6, 6.07) is 4.76. The Balaban J connectivity index is 2.26. The number of hydrogen-bond donors (Lipinski definition) is 1. The van der Waals surface area contributed by atoms with Crippen LogP contribution < -0.4 is 4.72 Å². The van der Waals surface area contributed by atoms with Crippen LogP contribution in [0.1, 0.15) is 22.3 Å². The Morgan fingerprint density at radius 2 is 2.10 bits per heavy atom. The van der Waals surface area contributed by atoms with Gasteiger partial charge in [0.05, 0.1) is 18.5 Å². The van der Waals surface area contributed by atoms with Crippen LogP contribution in [0.2, 0.25) is 0 Å². The van der Waals surface area contributed by atoms with Crippen LogP contribution in [-0.2, 0) is 10.0 Å². The summed E-state index contributed by atoms with van der Waals surface area (Å²) >= 11 is 0. The van der Waals surface area contributed by atoms with Gasteiger partial charge in [0.15, 0.2) is 0 Å². The Morgan fingerprint density at radius 1 is 1.38 bits per heavy atom. The summed E-state index contributed by atoms with van der Waals surface area (Å²) in [7, 11) is -3.42. The van der Waals surface area contributed by atoms with E-state index >= 15 is 0 Å². The van der Waals surface area contributed by atoms with E-state index in [1.54, 1.807) is 19.1 Å². The van der Waals surface area contributed by atoms with Crippen molar-refractivity contribution in [1.29, 1.82) is 0 Å². The Hall–Kier alpha value is -1.89. The lowest BCUT2D eigenvalue weighted by Crippen LogP contribution is -2.35. The molecule has 21 heavy (non-hydrogen) atoms. The monoisotopic (exact) mass is 312 g/mol. The lowest BCUT2D eigenvalue weighted by molar-refractivity contribution is 0.0755. The third kappa shape index (κ3) is 4.04. The zero-order valence-corrected chi connectivity index (χ0v) is 12.7. The number of carbonyl (C=O) groups is 1. The smallest absolute Gasteiger partial charge is 0.254 e. The van der Waals surface area contributed by atoms with Crippen LogP contribution in [0.5, 0.6) is 0 Å². The van der Waals surface area contributed by atoms with Gasteiger partial charge in [-0.25, -0.2) is 12.8 Å². The van der Waals surface area contributed by atoms with Crippen molar-refractivity contribution in [3.63, 3.8) is 0 Å². The van der Waals surface area contributed by atoms with E-state index in [0.29, 0.717) is 29.8 Å². The van der Waals surface area contributed by atoms with Gasteiger partial charge in [-0.05, 0) is 37.1 Å². The van der Waals surface area contributed by atoms with Crippen molar-refractivity contribution < 1.29 is 17.6 Å². The first-order valence-electron chi connectivity index (χ1n) is 6.48. The van der Waals surface area contributed by atoms with E-state index in [9.17, 15) is 17.6 Å². The summed E-state index contributed by atoms with van der Waals surface area (Å²) in [4.78, 5) is 13.7. The average molecular weight is 312 g/mol. The number of benzene rings is 1. The van der Waals surface area contributed by atoms with Gasteiger partial charge in [0.25, 0.3) is 5.91 Å². The van der Waals surface area contributed by atoms with Crippen LogP contribution in [0.3, 0.4) is 0 Å². The molecule has 1 N–H and O–H groups in total. The quantitative estimate of drug-likeness (QED) is 0.929. The summed E-state index contributed by atoms with van der Waals surface area (Å²) in [6.45, 7) is 2.15. The maximum absolute atomic E-state index is 13.3. The zero-order chi connectivity index (χ0) is 15.6. The van der Waals surface area contributed by atoms with E-state index in [1.807, 2.05) is 0 Å². The van der Waals surface area contributed by atoms with E-state index in [4.69, 9.17) is 0 Å². The summed E-state index contributed by atoms with van der Waals surface area (Å²) < 4.78 is 38.3. The highest BCUT2D eigenvalue weighted by atomic mass is 32.2. The molecule has 0 radical (unpaired) electrons. The molecule has 0 bridgehead atoms. The number of amides is 1. The fourth-order valence-corrected chi connectivity index (χ4v) is 2.74. The molecule has 0 unspecified atom stereocenters. The third-order valence-corrected chi connectivity index (χ3v) is 3.76. The molecule has 1 amide bonds. The summed E-state index contributed by atoms with van der Waals surface area (Å²) in [5, 5.41) is 0. The molecule has 1 aliphatic heterocycles. The molecule has 7 heteroatoms. The standard InChI is InChI=1S/C14H17FN2O3S/c1-10-5-6-11(8-13(10)16-21(2,19)20)14(18)17-7-3-4-12(15)9-17/h4-6,8,16H,3,7,9H2,1-2H3. The van der Waals surface area contributed by atoms with Gasteiger partial charge in [-0.15, -0.1) is 0 Å². The number of hydrogen-bond acceptors (Lipinski definition) is 3. The van der Waals surface area contributed by atoms with Crippen LogP contribution in [0, 0.1) is 6.92 Å². The third-order valence-electron chi connectivity index (χ3n) is 3.17. The first-order valence-corrected chi connectivity index (χ1v) is 8.37. The number of halogens is 1. The molecule has 1 aliphatic rings. The predicted molar refractivity (Wildman–Crippen MR) is 79.4 cm³/mol. The van der Waals surface area contributed by atoms with Crippen molar-refractivity contribution in [1.82, 2.24) is 4.90 Å². The lowest BCUT2D eigenvalue weighted by atomic mass is 10.1. The van der Waals surface area contributed by atoms with Crippen LogP contribution in [0.15, 0.2) is 30.1 Å². The minimum atomic E-state index is -3.42. The number of nitrogens with one attached hydrogen (secondary N) is 1. The molecular weight excluding hydrogens is 295 g/mol. The molecule has 114 valence electrons. The molecule has 0 saturated carbocycles. The lowest BCUT2D eigenvalue weighted by Gasteiger charge is -2.25. The molecule has 0 spiro atoms. The highest BCUT2D eigenvalue weighted by Crippen LogP contribution is 2.21. The molecular formula is C14H17FN2O3S. The fraction of sp³-hybridized carbons (Fsp3) is 0.357. The Bertz CT molecular complexity index is 698. The second-order valence-electron chi connectivity index (χ2n) is 5.07. The molecule has 0 fully saturated rings. The number of anilines is 1. The average Bonchev–Trinajstić information content (AvgIpc) is 2.39. The van der Waals surface area contributed by atoms with Gasteiger partial charge < -0.3 is 4.90 Å². The molecule has 0 saturated heterocycles. The van der Waals surface area contributed by atoms with Gasteiger partial charge in [-0.1, -0.05) is 6.07 Å². The molecule has 2 rings (SSSR count). The second-order valence-corrected chi connectivity index (χ2v) is 6.82. The van der Waals surface area contributed by atoms with E-state index in [0.717, 1.165) is 6.26 Å². The predicted octanol–water partition coefficient (Wildman–Crippen LogP) is 2.07. The number of nitrogens with zero attached hydrogens (tertiary/aromatic N) is 1. The summed E-state index contributed by atoms with van der Waals surface area (Å²) in [5.41, 5.74) is 1.40. The normalized spacial score (nSPS) is 15.6. The topological polar surface area (TPSA) is 66.5 Å². The van der Waals surface area contributed by atoms with Gasteiger partial charge in [0, 0.05) is 12.1 Å². The number of aryl methyl sites for hydroxylation is 1.